The molecule has 0 saturated carbocycles. The highest BCUT2D eigenvalue weighted by Gasteiger charge is 2.13. The Bertz CT molecular complexity index is 940. The number of aromatic nitrogens is 1. The highest BCUT2D eigenvalue weighted by molar-refractivity contribution is 14.1. The van der Waals surface area contributed by atoms with Gasteiger partial charge in [-0.05, 0) is 98.4 Å². The number of rotatable bonds is 9. The van der Waals surface area contributed by atoms with Gasteiger partial charge in [-0.15, -0.1) is 0 Å². The number of anilines is 1. The Labute approximate surface area is 181 Å². The van der Waals surface area contributed by atoms with Gasteiger partial charge in [-0.3, -0.25) is 0 Å². The molecule has 2 aromatic carbocycles. The van der Waals surface area contributed by atoms with E-state index in [1.807, 2.05) is 12.1 Å². The molecule has 150 valence electrons. The third-order valence-corrected chi connectivity index (χ3v) is 6.01. The van der Waals surface area contributed by atoms with Crippen LogP contribution in [0, 0.1) is 3.57 Å². The average Bonchev–Trinajstić information content (AvgIpc) is 2.70. The van der Waals surface area contributed by atoms with Gasteiger partial charge in [0.15, 0.2) is 0 Å². The summed E-state index contributed by atoms with van der Waals surface area (Å²) in [5.74, 6) is 0.858. The third kappa shape index (κ3) is 4.87. The van der Waals surface area contributed by atoms with Crippen LogP contribution in [0.5, 0.6) is 5.75 Å². The summed E-state index contributed by atoms with van der Waals surface area (Å²) in [5, 5.41) is 6.07. The molecule has 1 heterocycles. The van der Waals surface area contributed by atoms with Crippen LogP contribution in [0.25, 0.3) is 21.8 Å². The SMILES string of the molecule is CCN(CC)CCCC(C)Nc1c2ccc(I)cc2nc2ccc(OC)cc12. The average molecular weight is 491 g/mol. The molecule has 0 amide bonds. The summed E-state index contributed by atoms with van der Waals surface area (Å²) in [6.07, 6.45) is 2.33. The first kappa shape index (κ1) is 21.1. The van der Waals surface area contributed by atoms with Crippen molar-refractivity contribution in [1.29, 1.82) is 0 Å². The first-order valence-electron chi connectivity index (χ1n) is 10.1. The molecule has 0 fully saturated rings. The lowest BCUT2D eigenvalue weighted by molar-refractivity contribution is 0.295. The van der Waals surface area contributed by atoms with Gasteiger partial charge in [0.25, 0.3) is 0 Å². The second-order valence-corrected chi connectivity index (χ2v) is 8.49. The van der Waals surface area contributed by atoms with Crippen LogP contribution in [0.4, 0.5) is 5.69 Å². The zero-order valence-electron chi connectivity index (χ0n) is 17.3. The van der Waals surface area contributed by atoms with Gasteiger partial charge in [-0.1, -0.05) is 13.8 Å². The summed E-state index contributed by atoms with van der Waals surface area (Å²) in [6.45, 7) is 10.1. The van der Waals surface area contributed by atoms with Crippen molar-refractivity contribution in [1.82, 2.24) is 9.88 Å². The predicted molar refractivity (Wildman–Crippen MR) is 129 cm³/mol. The van der Waals surface area contributed by atoms with Crippen molar-refractivity contribution in [3.63, 3.8) is 0 Å². The van der Waals surface area contributed by atoms with E-state index in [1.54, 1.807) is 7.11 Å². The molecular weight excluding hydrogens is 461 g/mol. The molecule has 4 nitrogen and oxygen atoms in total. The molecule has 0 aliphatic heterocycles. The van der Waals surface area contributed by atoms with E-state index in [1.165, 1.54) is 9.99 Å². The number of benzene rings is 2. The minimum atomic E-state index is 0.384. The fourth-order valence-corrected chi connectivity index (χ4v) is 4.13. The lowest BCUT2D eigenvalue weighted by atomic mass is 10.1. The fourth-order valence-electron chi connectivity index (χ4n) is 3.66. The lowest BCUT2D eigenvalue weighted by Gasteiger charge is -2.22. The first-order valence-corrected chi connectivity index (χ1v) is 11.2. The molecule has 1 unspecified atom stereocenters. The predicted octanol–water partition coefficient (Wildman–Crippen LogP) is 5.92. The number of halogens is 1. The van der Waals surface area contributed by atoms with Gasteiger partial charge in [0, 0.05) is 20.4 Å². The second kappa shape index (κ2) is 9.74. The van der Waals surface area contributed by atoms with E-state index >= 15 is 0 Å². The first-order chi connectivity index (χ1) is 13.5. The molecule has 0 aliphatic rings. The van der Waals surface area contributed by atoms with Gasteiger partial charge in [-0.25, -0.2) is 4.98 Å². The van der Waals surface area contributed by atoms with Gasteiger partial charge in [0.05, 0.1) is 23.8 Å². The van der Waals surface area contributed by atoms with Crippen LogP contribution in [-0.2, 0) is 0 Å². The Morgan fingerprint density at radius 3 is 2.57 bits per heavy atom. The molecule has 1 atom stereocenters. The van der Waals surface area contributed by atoms with Gasteiger partial charge >= 0.3 is 0 Å². The normalized spacial score (nSPS) is 12.6. The van der Waals surface area contributed by atoms with E-state index < -0.39 is 0 Å². The topological polar surface area (TPSA) is 37.4 Å². The summed E-state index contributed by atoms with van der Waals surface area (Å²) < 4.78 is 6.66. The lowest BCUT2D eigenvalue weighted by Crippen LogP contribution is -2.25. The number of ether oxygens (including phenoxy) is 1. The quantitative estimate of drug-likeness (QED) is 0.298. The van der Waals surface area contributed by atoms with Crippen molar-refractivity contribution in [2.45, 2.75) is 39.7 Å². The Morgan fingerprint density at radius 1 is 1.07 bits per heavy atom. The standard InChI is InChI=1S/C23H30IN3O/c1-5-27(6-2)13-7-8-16(3)25-23-19-11-9-17(24)14-22(19)26-21-12-10-18(28-4)15-20(21)23/h9-12,14-16H,5-8,13H2,1-4H3,(H,25,26). The molecule has 5 heteroatoms. The molecule has 28 heavy (non-hydrogen) atoms. The van der Waals surface area contributed by atoms with Crippen molar-refractivity contribution in [3.05, 3.63) is 40.0 Å². The van der Waals surface area contributed by atoms with Crippen LogP contribution in [-0.4, -0.2) is 42.7 Å². The summed E-state index contributed by atoms with van der Waals surface area (Å²) in [6, 6.07) is 13.0. The zero-order valence-corrected chi connectivity index (χ0v) is 19.4. The number of methoxy groups -OCH3 is 1. The largest absolute Gasteiger partial charge is 0.497 e. The maximum absolute atomic E-state index is 5.47. The van der Waals surface area contributed by atoms with E-state index in [-0.39, 0.29) is 0 Å². The van der Waals surface area contributed by atoms with E-state index in [9.17, 15) is 0 Å². The van der Waals surface area contributed by atoms with E-state index in [4.69, 9.17) is 9.72 Å². The van der Waals surface area contributed by atoms with Crippen molar-refractivity contribution < 1.29 is 4.74 Å². The minimum Gasteiger partial charge on any atom is -0.497 e. The van der Waals surface area contributed by atoms with Crippen molar-refractivity contribution in [2.24, 2.45) is 0 Å². The highest BCUT2D eigenvalue weighted by Crippen LogP contribution is 2.34. The second-order valence-electron chi connectivity index (χ2n) is 7.25. The Morgan fingerprint density at radius 2 is 1.86 bits per heavy atom. The molecule has 0 radical (unpaired) electrons. The maximum atomic E-state index is 5.47. The van der Waals surface area contributed by atoms with Crippen LogP contribution in [0.2, 0.25) is 0 Å². The van der Waals surface area contributed by atoms with Crippen molar-refractivity contribution in [3.8, 4) is 5.75 Å². The van der Waals surface area contributed by atoms with Gasteiger partial charge in [0.2, 0.25) is 0 Å². The third-order valence-electron chi connectivity index (χ3n) is 5.34. The molecule has 0 saturated heterocycles. The van der Waals surface area contributed by atoms with Crippen LogP contribution < -0.4 is 10.1 Å². The number of fused-ring (bicyclic) bond motifs is 2. The molecular formula is C23H30IN3O. The summed E-state index contributed by atoms with van der Waals surface area (Å²) in [7, 11) is 1.71. The van der Waals surface area contributed by atoms with E-state index in [2.05, 4.69) is 77.8 Å². The number of nitrogens with one attached hydrogen (secondary N) is 1. The number of hydrogen-bond acceptors (Lipinski definition) is 4. The van der Waals surface area contributed by atoms with Crippen molar-refractivity contribution in [2.75, 3.05) is 32.1 Å². The fraction of sp³-hybridized carbons (Fsp3) is 0.435. The molecule has 3 aromatic rings. The number of pyridine rings is 1. The van der Waals surface area contributed by atoms with Gasteiger partial charge in [0.1, 0.15) is 5.75 Å². The number of nitrogens with zero attached hydrogens (tertiary/aromatic N) is 2. The summed E-state index contributed by atoms with van der Waals surface area (Å²) in [5.41, 5.74) is 3.18. The van der Waals surface area contributed by atoms with E-state index in [0.717, 1.165) is 59.3 Å². The molecule has 3 rings (SSSR count). The Kier molecular flexibility index (Phi) is 7.35. The summed E-state index contributed by atoms with van der Waals surface area (Å²) >= 11 is 2.35. The molecule has 0 bridgehead atoms. The Balaban J connectivity index is 1.92. The maximum Gasteiger partial charge on any atom is 0.119 e. The Hall–Kier alpha value is -1.60. The van der Waals surface area contributed by atoms with Gasteiger partial charge < -0.3 is 15.0 Å². The molecule has 1 N–H and O–H groups in total. The van der Waals surface area contributed by atoms with Crippen LogP contribution >= 0.6 is 22.6 Å². The molecule has 0 spiro atoms. The van der Waals surface area contributed by atoms with E-state index in [0.29, 0.717) is 6.04 Å². The van der Waals surface area contributed by atoms with Gasteiger partial charge in [-0.2, -0.15) is 0 Å². The zero-order chi connectivity index (χ0) is 20.1. The molecule has 1 aromatic heterocycles. The van der Waals surface area contributed by atoms with Crippen molar-refractivity contribution >= 4 is 50.1 Å². The van der Waals surface area contributed by atoms with Crippen LogP contribution in [0.15, 0.2) is 36.4 Å². The van der Waals surface area contributed by atoms with Crippen LogP contribution in [0.3, 0.4) is 0 Å². The van der Waals surface area contributed by atoms with Crippen LogP contribution in [0.1, 0.15) is 33.6 Å². The summed E-state index contributed by atoms with van der Waals surface area (Å²) in [4.78, 5) is 7.37. The number of hydrogen-bond donors (Lipinski definition) is 1. The smallest absolute Gasteiger partial charge is 0.119 e. The monoisotopic (exact) mass is 491 g/mol. The highest BCUT2D eigenvalue weighted by atomic mass is 127. The minimum absolute atomic E-state index is 0.384. The molecule has 0 aliphatic carbocycles.